The van der Waals surface area contributed by atoms with Gasteiger partial charge < -0.3 is 0 Å². The molecule has 2 aromatic carbocycles. The number of fused-ring (bicyclic) bond motifs is 7. The van der Waals surface area contributed by atoms with Crippen molar-refractivity contribution in [3.05, 3.63) is 70.8 Å². The molecular weight excluding hydrogens is 254 g/mol. The molecule has 0 aliphatic heterocycles. The van der Waals surface area contributed by atoms with Crippen molar-refractivity contribution in [3.8, 4) is 6.07 Å². The van der Waals surface area contributed by atoms with Crippen LogP contribution in [0.25, 0.3) is 0 Å². The lowest BCUT2D eigenvalue weighted by molar-refractivity contribution is 0.472. The second-order valence-electron chi connectivity index (χ2n) is 5.32. The molecule has 0 spiro atoms. The standard InChI is InChI=1S/C17H12ClN/c18-17-13-8-4-3-7-12(13)15-10-5-1-2-6-11(10)16(17)14(15)9-19/h1-8,14-17H/t14-,15+,16-,17+/m1/s1. The Hall–Kier alpha value is -1.78. The molecule has 0 fully saturated rings. The van der Waals surface area contributed by atoms with Crippen LogP contribution >= 0.6 is 11.6 Å². The van der Waals surface area contributed by atoms with Crippen LogP contribution in [0.3, 0.4) is 0 Å². The number of rotatable bonds is 0. The number of hydrogen-bond donors (Lipinski definition) is 0. The second kappa shape index (κ2) is 3.85. The first-order valence-electron chi connectivity index (χ1n) is 6.54. The van der Waals surface area contributed by atoms with Gasteiger partial charge in [-0.05, 0) is 22.3 Å². The van der Waals surface area contributed by atoms with E-state index in [0.717, 1.165) is 0 Å². The molecule has 0 saturated carbocycles. The molecule has 2 aliphatic rings. The SMILES string of the molecule is N#C[C@@H]1[C@H]2c3ccccc3[C@H]1[C@@H](Cl)c1ccccc12. The maximum absolute atomic E-state index is 9.58. The van der Waals surface area contributed by atoms with E-state index in [0.29, 0.717) is 0 Å². The van der Waals surface area contributed by atoms with E-state index in [1.54, 1.807) is 0 Å². The minimum atomic E-state index is -0.0965. The predicted molar refractivity (Wildman–Crippen MR) is 75.2 cm³/mol. The van der Waals surface area contributed by atoms with Crippen molar-refractivity contribution >= 4 is 11.6 Å². The number of halogens is 1. The molecule has 2 bridgehead atoms. The topological polar surface area (TPSA) is 23.8 Å². The Balaban J connectivity index is 2.05. The Kier molecular flexibility index (Phi) is 2.25. The largest absolute Gasteiger partial charge is 0.198 e. The molecule has 0 aromatic heterocycles. The molecule has 4 atom stereocenters. The predicted octanol–water partition coefficient (Wildman–Crippen LogP) is 4.35. The molecule has 2 aliphatic carbocycles. The molecule has 2 aromatic rings. The fourth-order valence-corrected chi connectivity index (χ4v) is 4.28. The summed E-state index contributed by atoms with van der Waals surface area (Å²) in [5.74, 6) is 0.287. The average molecular weight is 266 g/mol. The van der Waals surface area contributed by atoms with E-state index in [4.69, 9.17) is 11.6 Å². The first kappa shape index (κ1) is 11.1. The highest BCUT2D eigenvalue weighted by Gasteiger charge is 2.49. The molecule has 0 radical (unpaired) electrons. The number of nitrogens with zero attached hydrogens (tertiary/aromatic N) is 1. The molecule has 92 valence electrons. The zero-order chi connectivity index (χ0) is 13.0. The zero-order valence-electron chi connectivity index (χ0n) is 10.3. The van der Waals surface area contributed by atoms with Gasteiger partial charge in [-0.25, -0.2) is 0 Å². The summed E-state index contributed by atoms with van der Waals surface area (Å²) < 4.78 is 0. The molecular formula is C17H12ClN. The molecule has 0 saturated heterocycles. The van der Waals surface area contributed by atoms with Crippen molar-refractivity contribution in [1.82, 2.24) is 0 Å². The van der Waals surface area contributed by atoms with Gasteiger partial charge in [0.25, 0.3) is 0 Å². The Morgan fingerprint density at radius 2 is 1.37 bits per heavy atom. The summed E-state index contributed by atoms with van der Waals surface area (Å²) >= 11 is 6.69. The average Bonchev–Trinajstić information content (AvgIpc) is 2.75. The number of benzene rings is 2. The Labute approximate surface area is 117 Å². The summed E-state index contributed by atoms with van der Waals surface area (Å²) in [4.78, 5) is 0. The van der Waals surface area contributed by atoms with Crippen LogP contribution in [0, 0.1) is 17.2 Å². The van der Waals surface area contributed by atoms with Crippen LogP contribution in [0.4, 0.5) is 0 Å². The lowest BCUT2D eigenvalue weighted by Gasteiger charge is -2.32. The van der Waals surface area contributed by atoms with Crippen LogP contribution < -0.4 is 0 Å². The van der Waals surface area contributed by atoms with Crippen LogP contribution in [-0.4, -0.2) is 0 Å². The van der Waals surface area contributed by atoms with Crippen molar-refractivity contribution < 1.29 is 0 Å². The van der Waals surface area contributed by atoms with E-state index in [1.165, 1.54) is 22.3 Å². The first-order valence-corrected chi connectivity index (χ1v) is 6.98. The number of nitriles is 1. The highest BCUT2D eigenvalue weighted by atomic mass is 35.5. The number of hydrogen-bond acceptors (Lipinski definition) is 1. The summed E-state index contributed by atoms with van der Waals surface area (Å²) in [5.41, 5.74) is 4.97. The van der Waals surface area contributed by atoms with Gasteiger partial charge in [0, 0.05) is 11.8 Å². The van der Waals surface area contributed by atoms with Crippen LogP contribution in [0.15, 0.2) is 48.5 Å². The van der Waals surface area contributed by atoms with Gasteiger partial charge in [-0.2, -0.15) is 5.26 Å². The summed E-state index contributed by atoms with van der Waals surface area (Å²) in [5, 5.41) is 9.48. The summed E-state index contributed by atoms with van der Waals surface area (Å²) in [7, 11) is 0. The van der Waals surface area contributed by atoms with Gasteiger partial charge in [-0.3, -0.25) is 0 Å². The monoisotopic (exact) mass is 265 g/mol. The highest BCUT2D eigenvalue weighted by molar-refractivity contribution is 6.21. The summed E-state index contributed by atoms with van der Waals surface area (Å²) in [6, 6.07) is 19.2. The first-order chi connectivity index (χ1) is 9.33. The lowest BCUT2D eigenvalue weighted by atomic mass is 9.73. The van der Waals surface area contributed by atoms with Gasteiger partial charge in [-0.1, -0.05) is 48.5 Å². The van der Waals surface area contributed by atoms with E-state index in [1.807, 2.05) is 18.2 Å². The van der Waals surface area contributed by atoms with Crippen LogP contribution in [0.1, 0.15) is 39.5 Å². The lowest BCUT2D eigenvalue weighted by Crippen LogP contribution is -2.22. The highest BCUT2D eigenvalue weighted by Crippen LogP contribution is 2.61. The second-order valence-corrected chi connectivity index (χ2v) is 5.79. The van der Waals surface area contributed by atoms with Crippen molar-refractivity contribution in [2.75, 3.05) is 0 Å². The van der Waals surface area contributed by atoms with Crippen LogP contribution in [-0.2, 0) is 0 Å². The van der Waals surface area contributed by atoms with Gasteiger partial charge in [0.15, 0.2) is 0 Å². The van der Waals surface area contributed by atoms with Crippen LogP contribution in [0.2, 0.25) is 0 Å². The quantitative estimate of drug-likeness (QED) is 0.650. The third kappa shape index (κ3) is 1.30. The van der Waals surface area contributed by atoms with Crippen molar-refractivity contribution in [2.45, 2.75) is 17.2 Å². The normalized spacial score (nSPS) is 30.3. The number of alkyl halides is 1. The van der Waals surface area contributed by atoms with E-state index in [-0.39, 0.29) is 23.1 Å². The maximum atomic E-state index is 9.58. The molecule has 19 heavy (non-hydrogen) atoms. The van der Waals surface area contributed by atoms with Gasteiger partial charge in [-0.15, -0.1) is 11.6 Å². The molecule has 4 rings (SSSR count). The maximum Gasteiger partial charge on any atom is 0.0672 e. The molecule has 0 heterocycles. The Bertz CT molecular complexity index is 700. The zero-order valence-corrected chi connectivity index (χ0v) is 11.0. The van der Waals surface area contributed by atoms with Gasteiger partial charge in [0.1, 0.15) is 0 Å². The molecule has 1 nitrogen and oxygen atoms in total. The van der Waals surface area contributed by atoms with Crippen molar-refractivity contribution in [2.24, 2.45) is 5.92 Å². The summed E-state index contributed by atoms with van der Waals surface area (Å²) in [6.45, 7) is 0. The molecule has 0 amide bonds. The molecule has 0 unspecified atom stereocenters. The van der Waals surface area contributed by atoms with Crippen LogP contribution in [0.5, 0.6) is 0 Å². The third-order valence-corrected chi connectivity index (χ3v) is 5.04. The Morgan fingerprint density at radius 3 is 2.00 bits per heavy atom. The van der Waals surface area contributed by atoms with E-state index < -0.39 is 0 Å². The molecule has 2 heteroatoms. The summed E-state index contributed by atoms with van der Waals surface area (Å²) in [6.07, 6.45) is 0. The van der Waals surface area contributed by atoms with E-state index in [9.17, 15) is 5.26 Å². The van der Waals surface area contributed by atoms with Gasteiger partial charge in [0.2, 0.25) is 0 Å². The van der Waals surface area contributed by atoms with Gasteiger partial charge in [0.05, 0.1) is 17.4 Å². The van der Waals surface area contributed by atoms with E-state index in [2.05, 4.69) is 36.4 Å². The molecule has 0 N–H and O–H groups in total. The van der Waals surface area contributed by atoms with Crippen molar-refractivity contribution in [3.63, 3.8) is 0 Å². The smallest absolute Gasteiger partial charge is 0.0672 e. The van der Waals surface area contributed by atoms with Crippen molar-refractivity contribution in [1.29, 1.82) is 5.26 Å². The Morgan fingerprint density at radius 1 is 0.842 bits per heavy atom. The third-order valence-electron chi connectivity index (χ3n) is 4.53. The fraction of sp³-hybridized carbons (Fsp3) is 0.235. The van der Waals surface area contributed by atoms with E-state index >= 15 is 0 Å². The van der Waals surface area contributed by atoms with Gasteiger partial charge >= 0.3 is 0 Å². The minimum absolute atomic E-state index is 0.0326. The minimum Gasteiger partial charge on any atom is -0.198 e. The fourth-order valence-electron chi connectivity index (χ4n) is 3.79.